The van der Waals surface area contributed by atoms with Crippen LogP contribution in [0.1, 0.15) is 12.5 Å². The first-order valence-corrected chi connectivity index (χ1v) is 40.9. The summed E-state index contributed by atoms with van der Waals surface area (Å²) in [6, 6.07) is 145. The van der Waals surface area contributed by atoms with Crippen LogP contribution in [0, 0.1) is 13.8 Å². The van der Waals surface area contributed by atoms with Crippen LogP contribution in [-0.2, 0) is 0 Å². The molecule has 10 heteroatoms. The summed E-state index contributed by atoms with van der Waals surface area (Å²) in [4.78, 5) is 0. The van der Waals surface area contributed by atoms with Crippen molar-refractivity contribution in [2.24, 2.45) is 0 Å². The topological polar surface area (TPSA) is 29.6 Å². The molecule has 550 valence electrons. The summed E-state index contributed by atoms with van der Waals surface area (Å²) in [5.41, 5.74) is 29.4. The highest BCUT2D eigenvalue weighted by molar-refractivity contribution is 7.19. The van der Waals surface area contributed by atoms with Crippen LogP contribution in [-0.4, -0.2) is 55.2 Å². The SMILES string of the molecule is Cc1cc(-n2c3ccccc3c3ccccc32)ccc1-c1ccc(-n2c3ccccc3c3ccccc32)cc1C.[2H]C([B])P.[B]CP.c1cc(-n2c3ccccc3c3ccccc32)cc(-n2c3ccccc3c3ccccc32)c1.c1ccc2c(c1)c1ccccc1n2-c1ccc(-c2ccc(-n3c4ccccc4c4ccccc43)cc2)cc1. The van der Waals surface area contributed by atoms with Gasteiger partial charge in [-0.1, -0.05) is 273 Å². The number of aryl methyl sites for hydroxylation is 2. The third kappa shape index (κ3) is 12.8. The third-order valence-electron chi connectivity index (χ3n) is 22.6. The highest BCUT2D eigenvalue weighted by Crippen LogP contribution is 2.41. The van der Waals surface area contributed by atoms with E-state index in [0.717, 1.165) is 0 Å². The number of nitrogens with zero attached hydrogens (tertiary/aromatic N) is 6. The largest absolute Gasteiger partial charge is 0.309 e. The first kappa shape index (κ1) is 71.6. The second-order valence-electron chi connectivity index (χ2n) is 29.3. The molecule has 6 aromatic heterocycles. The van der Waals surface area contributed by atoms with Gasteiger partial charge in [-0.15, -0.1) is 18.5 Å². The quantitative estimate of drug-likeness (QED) is 0.107. The maximum absolute atomic E-state index is 6.32. The average Bonchev–Trinajstić information content (AvgIpc) is 1.67. The molecule has 0 saturated heterocycles. The molecular formula is C106H80B2N6P2. The Bertz CT molecular complexity index is 6900. The van der Waals surface area contributed by atoms with Gasteiger partial charge in [0.1, 0.15) is 0 Å². The summed E-state index contributed by atoms with van der Waals surface area (Å²) >= 11 is 0. The molecule has 0 bridgehead atoms. The van der Waals surface area contributed by atoms with Crippen molar-refractivity contribution >= 4 is 165 Å². The fourth-order valence-corrected chi connectivity index (χ4v) is 17.8. The predicted octanol–water partition coefficient (Wildman–Crippen LogP) is 27.6. The molecule has 4 radical (unpaired) electrons. The zero-order chi connectivity index (χ0) is 79.2. The Morgan fingerprint density at radius 2 is 0.362 bits per heavy atom. The van der Waals surface area contributed by atoms with Gasteiger partial charge in [0.15, 0.2) is 0 Å². The van der Waals surface area contributed by atoms with Crippen molar-refractivity contribution in [2.75, 3.05) is 12.1 Å². The lowest BCUT2D eigenvalue weighted by Gasteiger charge is -2.15. The van der Waals surface area contributed by atoms with Crippen molar-refractivity contribution in [3.63, 3.8) is 0 Å². The van der Waals surface area contributed by atoms with Crippen molar-refractivity contribution in [1.29, 1.82) is 0 Å². The minimum atomic E-state index is -0.500. The van der Waals surface area contributed by atoms with Gasteiger partial charge in [0.05, 0.1) is 81.9 Å². The smallest absolute Gasteiger partial charge is 0.0709 e. The number of aromatic nitrogens is 6. The zero-order valence-corrected chi connectivity index (χ0v) is 66.7. The maximum Gasteiger partial charge on any atom is 0.0709 e. The van der Waals surface area contributed by atoms with E-state index in [1.54, 1.807) is 0 Å². The average molecular weight is 1520 g/mol. The van der Waals surface area contributed by atoms with Gasteiger partial charge in [-0.25, -0.2) is 0 Å². The Morgan fingerprint density at radius 1 is 0.207 bits per heavy atom. The van der Waals surface area contributed by atoms with E-state index >= 15 is 0 Å². The molecule has 3 unspecified atom stereocenters. The van der Waals surface area contributed by atoms with Crippen molar-refractivity contribution in [2.45, 2.75) is 13.8 Å². The molecule has 0 aliphatic carbocycles. The summed E-state index contributed by atoms with van der Waals surface area (Å²) in [7, 11) is 14.0. The second kappa shape index (κ2) is 31.5. The van der Waals surface area contributed by atoms with Crippen LogP contribution in [0.5, 0.6) is 0 Å². The Hall–Kier alpha value is -13.5. The third-order valence-corrected chi connectivity index (χ3v) is 22.6. The van der Waals surface area contributed by atoms with E-state index in [4.69, 9.17) is 17.1 Å². The van der Waals surface area contributed by atoms with Crippen molar-refractivity contribution < 1.29 is 1.37 Å². The zero-order valence-electron chi connectivity index (χ0n) is 65.4. The highest BCUT2D eigenvalue weighted by Gasteiger charge is 2.20. The first-order valence-electron chi connectivity index (χ1n) is 40.0. The van der Waals surface area contributed by atoms with E-state index in [1.807, 2.05) is 0 Å². The minimum absolute atomic E-state index is 0.500. The standard InChI is InChI=1S/C38H28N2.C36H24N2.C30H20N2.2CH4BP/c1-25-23-27(39-35-15-7-3-11-31(35)32-12-4-8-16-36(32)39)19-21-29(25)30-22-20-28(24-26(30)2)40-37-17-9-5-13-33(37)34-14-6-10-18-38(34)40;1-5-13-33-29(9-1)30-10-2-6-14-34(30)37(33)27-21-17-25(18-22-27)26-19-23-28(24-20-26)38-35-15-7-3-11-31(35)32-12-4-8-16-36(32)38;1-5-16-27-23(12-1)24-13-2-6-17-28(24)31(27)21-10-9-11-22(20-21)32-29-18-7-3-14-25(29)26-15-4-8-19-30(26)32;2*2-1-3/h3-24H,1-2H3;1-24H;1-20H;2*1,3H2/i;;;1D;. The van der Waals surface area contributed by atoms with Gasteiger partial charge in [0.25, 0.3) is 0 Å². The molecule has 17 aromatic carbocycles. The van der Waals surface area contributed by atoms with Crippen LogP contribution < -0.4 is 0 Å². The van der Waals surface area contributed by atoms with Crippen LogP contribution in [0.3, 0.4) is 0 Å². The predicted molar refractivity (Wildman–Crippen MR) is 506 cm³/mol. The number of rotatable bonds is 8. The molecule has 0 N–H and O–H groups in total. The summed E-state index contributed by atoms with van der Waals surface area (Å²) in [5.74, 6) is 0. The summed E-state index contributed by atoms with van der Waals surface area (Å²) in [6.07, 6.45) is 0. The molecule has 0 spiro atoms. The number of fused-ring (bicyclic) bond motifs is 18. The molecule has 6 heterocycles. The van der Waals surface area contributed by atoms with Crippen LogP contribution in [0.4, 0.5) is 0 Å². The van der Waals surface area contributed by atoms with Crippen molar-refractivity contribution in [1.82, 2.24) is 27.4 Å². The monoisotopic (exact) mass is 1520 g/mol. The normalized spacial score (nSPS) is 11.8. The molecule has 23 aromatic rings. The van der Waals surface area contributed by atoms with Gasteiger partial charge in [-0.05, 0) is 187 Å². The summed E-state index contributed by atoms with van der Waals surface area (Å²) < 4.78 is 20.6. The van der Waals surface area contributed by atoms with E-state index in [9.17, 15) is 0 Å². The van der Waals surface area contributed by atoms with Gasteiger partial charge in [-0.2, -0.15) is 0 Å². The van der Waals surface area contributed by atoms with Crippen molar-refractivity contribution in [3.8, 4) is 56.4 Å². The van der Waals surface area contributed by atoms with E-state index in [1.165, 1.54) is 198 Å². The van der Waals surface area contributed by atoms with E-state index < -0.39 is 6.04 Å². The maximum atomic E-state index is 6.32. The van der Waals surface area contributed by atoms with Gasteiger partial charge < -0.3 is 27.4 Å². The van der Waals surface area contributed by atoms with Crippen molar-refractivity contribution in [3.05, 3.63) is 412 Å². The van der Waals surface area contributed by atoms with Crippen LogP contribution >= 0.6 is 18.5 Å². The Morgan fingerprint density at radius 3 is 0.543 bits per heavy atom. The number of hydrogen-bond donors (Lipinski definition) is 0. The molecule has 0 amide bonds. The van der Waals surface area contributed by atoms with E-state index in [0.29, 0.717) is 6.06 Å². The number of hydrogen-bond acceptors (Lipinski definition) is 0. The van der Waals surface area contributed by atoms with Gasteiger partial charge >= 0.3 is 0 Å². The Labute approximate surface area is 683 Å². The second-order valence-corrected chi connectivity index (χ2v) is 30.1. The molecule has 3 atom stereocenters. The lowest BCUT2D eigenvalue weighted by molar-refractivity contribution is 1.13. The molecule has 0 aliphatic heterocycles. The molecule has 116 heavy (non-hydrogen) atoms. The van der Waals surface area contributed by atoms with E-state index in [2.05, 4.69) is 460 Å². The fourth-order valence-electron chi connectivity index (χ4n) is 17.8. The molecule has 6 nitrogen and oxygen atoms in total. The van der Waals surface area contributed by atoms with Gasteiger partial charge in [0.2, 0.25) is 0 Å². The molecule has 0 saturated carbocycles. The van der Waals surface area contributed by atoms with Crippen LogP contribution in [0.2, 0.25) is 0 Å². The Kier molecular flexibility index (Phi) is 19.4. The van der Waals surface area contributed by atoms with Gasteiger partial charge in [0, 0.05) is 100 Å². The molecule has 23 rings (SSSR count). The van der Waals surface area contributed by atoms with Crippen LogP contribution in [0.25, 0.3) is 187 Å². The fraction of sp³-hybridized carbons (Fsp3) is 0.0377. The van der Waals surface area contributed by atoms with Crippen LogP contribution in [0.15, 0.2) is 400 Å². The summed E-state index contributed by atoms with van der Waals surface area (Å²) in [5, 5.41) is 15.4. The molecule has 0 fully saturated rings. The lowest BCUT2D eigenvalue weighted by atomic mass is 9.95. The first-order chi connectivity index (χ1) is 57.6. The minimum Gasteiger partial charge on any atom is -0.309 e. The number of benzene rings is 17. The summed E-state index contributed by atoms with van der Waals surface area (Å²) in [6.45, 7) is 4.46. The lowest BCUT2D eigenvalue weighted by Crippen LogP contribution is -1.98. The number of para-hydroxylation sites is 12. The molecule has 0 aliphatic rings. The molecular weight excluding hydrogens is 1440 g/mol. The Balaban J connectivity index is 0.000000113. The van der Waals surface area contributed by atoms with Gasteiger partial charge in [-0.3, -0.25) is 0 Å². The highest BCUT2D eigenvalue weighted by atomic mass is 31.0. The van der Waals surface area contributed by atoms with E-state index in [-0.39, 0.29) is 0 Å².